The Bertz CT molecular complexity index is 480. The number of β-amino-alcohol motifs (C(OH)–C–C–N with tert-alkyl or cyclic N) is 1. The fraction of sp³-hybridized carbons (Fsp3) is 0.647. The third kappa shape index (κ3) is 3.07. The van der Waals surface area contributed by atoms with E-state index >= 15 is 0 Å². The number of rotatable bonds is 4. The van der Waals surface area contributed by atoms with Gasteiger partial charge in [0.1, 0.15) is 5.75 Å². The van der Waals surface area contributed by atoms with Crippen molar-refractivity contribution in [2.75, 3.05) is 33.3 Å². The highest BCUT2D eigenvalue weighted by Crippen LogP contribution is 2.29. The molecule has 21 heavy (non-hydrogen) atoms. The number of para-hydroxylation sites is 1. The van der Waals surface area contributed by atoms with Gasteiger partial charge in [-0.1, -0.05) is 18.2 Å². The van der Waals surface area contributed by atoms with E-state index in [1.807, 2.05) is 24.3 Å². The lowest BCUT2D eigenvalue weighted by Crippen LogP contribution is -2.55. The molecule has 4 heteroatoms. The molecule has 3 atom stereocenters. The quantitative estimate of drug-likeness (QED) is 0.919. The molecule has 2 saturated heterocycles. The minimum atomic E-state index is -0.489. The van der Waals surface area contributed by atoms with Crippen molar-refractivity contribution in [3.05, 3.63) is 29.8 Å². The molecule has 0 spiro atoms. The summed E-state index contributed by atoms with van der Waals surface area (Å²) in [6, 6.07) is 8.96. The third-order valence-corrected chi connectivity index (χ3v) is 4.97. The van der Waals surface area contributed by atoms with E-state index < -0.39 is 6.10 Å². The summed E-state index contributed by atoms with van der Waals surface area (Å²) in [5, 5.41) is 10.6. The maximum absolute atomic E-state index is 10.6. The van der Waals surface area contributed by atoms with Crippen LogP contribution in [0.15, 0.2) is 24.3 Å². The molecule has 2 aliphatic heterocycles. The van der Waals surface area contributed by atoms with Crippen LogP contribution in [0.1, 0.15) is 31.4 Å². The molecule has 1 aromatic carbocycles. The van der Waals surface area contributed by atoms with E-state index in [-0.39, 0.29) is 0 Å². The van der Waals surface area contributed by atoms with Crippen LogP contribution in [0.5, 0.6) is 5.75 Å². The summed E-state index contributed by atoms with van der Waals surface area (Å²) in [5.74, 6) is 0.775. The summed E-state index contributed by atoms with van der Waals surface area (Å²) in [6.07, 6.45) is 2.13. The van der Waals surface area contributed by atoms with E-state index in [1.54, 1.807) is 7.11 Å². The van der Waals surface area contributed by atoms with Gasteiger partial charge in [-0.15, -0.1) is 0 Å². The van der Waals surface area contributed by atoms with Gasteiger partial charge in [-0.25, -0.2) is 0 Å². The Kier molecular flexibility index (Phi) is 4.48. The zero-order valence-electron chi connectivity index (χ0n) is 13.0. The van der Waals surface area contributed by atoms with Crippen LogP contribution in [0.2, 0.25) is 0 Å². The highest BCUT2D eigenvalue weighted by atomic mass is 16.5. The van der Waals surface area contributed by atoms with Crippen molar-refractivity contribution in [2.24, 2.45) is 0 Å². The van der Waals surface area contributed by atoms with Crippen molar-refractivity contribution in [1.82, 2.24) is 9.80 Å². The molecule has 116 valence electrons. The van der Waals surface area contributed by atoms with E-state index in [1.165, 1.54) is 19.4 Å². The Morgan fingerprint density at radius 3 is 2.95 bits per heavy atom. The highest BCUT2D eigenvalue weighted by molar-refractivity contribution is 5.35. The molecule has 0 amide bonds. The van der Waals surface area contributed by atoms with Crippen molar-refractivity contribution in [2.45, 2.75) is 38.0 Å². The second-order valence-electron chi connectivity index (χ2n) is 6.35. The van der Waals surface area contributed by atoms with Gasteiger partial charge in [0.15, 0.2) is 0 Å². The Balaban J connectivity index is 1.67. The van der Waals surface area contributed by atoms with Crippen molar-refractivity contribution >= 4 is 0 Å². The number of methoxy groups -OCH3 is 1. The molecule has 2 fully saturated rings. The minimum Gasteiger partial charge on any atom is -0.496 e. The van der Waals surface area contributed by atoms with Crippen molar-refractivity contribution in [3.8, 4) is 5.75 Å². The zero-order valence-corrected chi connectivity index (χ0v) is 13.0. The first-order chi connectivity index (χ1) is 10.2. The fourth-order valence-electron chi connectivity index (χ4n) is 3.76. The lowest BCUT2D eigenvalue weighted by Gasteiger charge is -2.43. The summed E-state index contributed by atoms with van der Waals surface area (Å²) in [5.41, 5.74) is 0.890. The summed E-state index contributed by atoms with van der Waals surface area (Å²) < 4.78 is 5.37. The Labute approximate surface area is 127 Å². The lowest BCUT2D eigenvalue weighted by molar-refractivity contribution is 0.0220. The highest BCUT2D eigenvalue weighted by Gasteiger charge is 2.35. The van der Waals surface area contributed by atoms with Gasteiger partial charge in [0.25, 0.3) is 0 Å². The van der Waals surface area contributed by atoms with Gasteiger partial charge in [0.05, 0.1) is 13.2 Å². The molecular formula is C17H26N2O2. The number of nitrogens with zero attached hydrogens (tertiary/aromatic N) is 2. The number of hydrogen-bond acceptors (Lipinski definition) is 4. The van der Waals surface area contributed by atoms with Gasteiger partial charge in [-0.3, -0.25) is 9.80 Å². The standard InChI is InChI=1S/C17H26N2O2/c1-13-10-18-9-5-6-14(18)11-19(13)12-16(20)15-7-3-4-8-17(15)21-2/h3-4,7-8,13-14,16,20H,5-6,9-12H2,1-2H3. The number of fused-ring (bicyclic) bond motifs is 1. The van der Waals surface area contributed by atoms with Gasteiger partial charge in [-0.2, -0.15) is 0 Å². The number of aliphatic hydroxyl groups is 1. The van der Waals surface area contributed by atoms with Crippen LogP contribution >= 0.6 is 0 Å². The molecule has 0 saturated carbocycles. The van der Waals surface area contributed by atoms with Crippen LogP contribution in [0.4, 0.5) is 0 Å². The molecule has 4 nitrogen and oxygen atoms in total. The number of aliphatic hydroxyl groups excluding tert-OH is 1. The summed E-state index contributed by atoms with van der Waals surface area (Å²) in [6.45, 7) is 6.41. The average molecular weight is 290 g/mol. The SMILES string of the molecule is COc1ccccc1C(O)CN1CC2CCCN2CC1C. The molecule has 1 aromatic rings. The van der Waals surface area contributed by atoms with E-state index in [9.17, 15) is 5.11 Å². The first-order valence-electron chi connectivity index (χ1n) is 7.98. The number of ether oxygens (including phenoxy) is 1. The summed E-state index contributed by atoms with van der Waals surface area (Å²) in [7, 11) is 1.66. The predicted molar refractivity (Wildman–Crippen MR) is 83.6 cm³/mol. The smallest absolute Gasteiger partial charge is 0.124 e. The molecule has 0 aliphatic carbocycles. The van der Waals surface area contributed by atoms with Gasteiger partial charge >= 0.3 is 0 Å². The molecule has 0 aromatic heterocycles. The van der Waals surface area contributed by atoms with Gasteiger partial charge in [0, 0.05) is 37.3 Å². The topological polar surface area (TPSA) is 35.9 Å². The monoisotopic (exact) mass is 290 g/mol. The molecule has 1 N–H and O–H groups in total. The first-order valence-corrected chi connectivity index (χ1v) is 7.98. The van der Waals surface area contributed by atoms with E-state index in [0.717, 1.165) is 24.4 Å². The van der Waals surface area contributed by atoms with Crippen LogP contribution in [-0.2, 0) is 0 Å². The van der Waals surface area contributed by atoms with Gasteiger partial charge < -0.3 is 9.84 Å². The van der Waals surface area contributed by atoms with Crippen LogP contribution in [0, 0.1) is 0 Å². The molecule has 0 bridgehead atoms. The van der Waals surface area contributed by atoms with Crippen LogP contribution in [0.25, 0.3) is 0 Å². The van der Waals surface area contributed by atoms with Crippen LogP contribution in [0.3, 0.4) is 0 Å². The number of hydrogen-bond donors (Lipinski definition) is 1. The fourth-order valence-corrected chi connectivity index (χ4v) is 3.76. The molecular weight excluding hydrogens is 264 g/mol. The zero-order chi connectivity index (χ0) is 14.8. The average Bonchev–Trinajstić information content (AvgIpc) is 2.94. The Hall–Kier alpha value is -1.10. The number of benzene rings is 1. The Morgan fingerprint density at radius 1 is 1.33 bits per heavy atom. The molecule has 3 rings (SSSR count). The number of piperazine rings is 1. The first kappa shape index (κ1) is 14.8. The molecule has 3 unspecified atom stereocenters. The summed E-state index contributed by atoms with van der Waals surface area (Å²) >= 11 is 0. The molecule has 2 aliphatic rings. The van der Waals surface area contributed by atoms with Gasteiger partial charge in [0.2, 0.25) is 0 Å². The largest absolute Gasteiger partial charge is 0.496 e. The molecule has 2 heterocycles. The minimum absolute atomic E-state index is 0.489. The molecule has 0 radical (unpaired) electrons. The third-order valence-electron chi connectivity index (χ3n) is 4.97. The predicted octanol–water partition coefficient (Wildman–Crippen LogP) is 1.90. The second kappa shape index (κ2) is 6.34. The van der Waals surface area contributed by atoms with E-state index in [0.29, 0.717) is 18.6 Å². The van der Waals surface area contributed by atoms with Crippen LogP contribution < -0.4 is 4.74 Å². The van der Waals surface area contributed by atoms with Gasteiger partial charge in [-0.05, 0) is 32.4 Å². The second-order valence-corrected chi connectivity index (χ2v) is 6.35. The summed E-state index contributed by atoms with van der Waals surface area (Å²) in [4.78, 5) is 5.04. The van der Waals surface area contributed by atoms with Crippen molar-refractivity contribution in [3.63, 3.8) is 0 Å². The maximum atomic E-state index is 10.6. The normalized spacial score (nSPS) is 28.3. The Morgan fingerprint density at radius 2 is 2.14 bits per heavy atom. The lowest BCUT2D eigenvalue weighted by atomic mass is 10.0. The van der Waals surface area contributed by atoms with Crippen molar-refractivity contribution in [1.29, 1.82) is 0 Å². The maximum Gasteiger partial charge on any atom is 0.124 e. The van der Waals surface area contributed by atoms with E-state index in [4.69, 9.17) is 4.74 Å². The van der Waals surface area contributed by atoms with Crippen molar-refractivity contribution < 1.29 is 9.84 Å². The van der Waals surface area contributed by atoms with E-state index in [2.05, 4.69) is 16.7 Å². The van der Waals surface area contributed by atoms with Crippen LogP contribution in [-0.4, -0.2) is 60.3 Å².